The van der Waals surface area contributed by atoms with Crippen molar-refractivity contribution in [3.63, 3.8) is 0 Å². The summed E-state index contributed by atoms with van der Waals surface area (Å²) in [6, 6.07) is 1.13. The second-order valence-electron chi connectivity index (χ2n) is 5.27. The van der Waals surface area contributed by atoms with Crippen molar-refractivity contribution in [1.29, 1.82) is 0 Å². The highest BCUT2D eigenvalue weighted by atomic mass is 15.0. The van der Waals surface area contributed by atoms with E-state index in [1.165, 1.54) is 12.8 Å². The molecule has 0 aromatic heterocycles. The van der Waals surface area contributed by atoms with Gasteiger partial charge in [-0.15, -0.1) is 0 Å². The summed E-state index contributed by atoms with van der Waals surface area (Å²) >= 11 is 0. The van der Waals surface area contributed by atoms with E-state index in [1.807, 2.05) is 0 Å². The number of hydrogen-bond acceptors (Lipinski definition) is 4. The Morgan fingerprint density at radius 2 is 1.56 bits per heavy atom. The van der Waals surface area contributed by atoms with Crippen molar-refractivity contribution >= 4 is 0 Å². The fourth-order valence-electron chi connectivity index (χ4n) is 1.70. The molecule has 18 heavy (non-hydrogen) atoms. The van der Waals surface area contributed by atoms with Gasteiger partial charge in [-0.25, -0.2) is 0 Å². The highest BCUT2D eigenvalue weighted by Gasteiger charge is 1.99. The zero-order valence-corrected chi connectivity index (χ0v) is 12.8. The molecule has 4 heteroatoms. The van der Waals surface area contributed by atoms with Gasteiger partial charge in [-0.05, 0) is 39.4 Å². The van der Waals surface area contributed by atoms with Crippen LogP contribution < -0.4 is 21.3 Å². The highest BCUT2D eigenvalue weighted by molar-refractivity contribution is 4.65. The quantitative estimate of drug-likeness (QED) is 0.371. The van der Waals surface area contributed by atoms with E-state index in [1.54, 1.807) is 0 Å². The van der Waals surface area contributed by atoms with Crippen molar-refractivity contribution < 1.29 is 0 Å². The third-order valence-corrected chi connectivity index (χ3v) is 2.75. The van der Waals surface area contributed by atoms with Gasteiger partial charge in [0, 0.05) is 31.7 Å². The second kappa shape index (κ2) is 13.3. The Morgan fingerprint density at radius 3 is 2.22 bits per heavy atom. The Morgan fingerprint density at radius 1 is 0.778 bits per heavy atom. The summed E-state index contributed by atoms with van der Waals surface area (Å²) < 4.78 is 0. The van der Waals surface area contributed by atoms with E-state index >= 15 is 0 Å². The topological polar surface area (TPSA) is 48.1 Å². The molecule has 0 rings (SSSR count). The predicted molar refractivity (Wildman–Crippen MR) is 81.3 cm³/mol. The molecular weight excluding hydrogens is 224 g/mol. The SMILES string of the molecule is CCCNCCCNC(C)CNCCNC(C)C. The maximum atomic E-state index is 3.54. The summed E-state index contributed by atoms with van der Waals surface area (Å²) in [7, 11) is 0. The number of nitrogens with one attached hydrogen (secondary N) is 4. The average Bonchev–Trinajstić information content (AvgIpc) is 2.33. The smallest absolute Gasteiger partial charge is 0.0164 e. The fraction of sp³-hybridized carbons (Fsp3) is 1.00. The van der Waals surface area contributed by atoms with Crippen molar-refractivity contribution in [1.82, 2.24) is 21.3 Å². The molecule has 4 nitrogen and oxygen atoms in total. The summed E-state index contributed by atoms with van der Waals surface area (Å²) in [6.45, 7) is 15.3. The lowest BCUT2D eigenvalue weighted by atomic mass is 10.3. The zero-order valence-electron chi connectivity index (χ0n) is 12.8. The molecule has 0 saturated heterocycles. The normalized spacial score (nSPS) is 13.2. The van der Waals surface area contributed by atoms with Gasteiger partial charge in [-0.3, -0.25) is 0 Å². The third-order valence-electron chi connectivity index (χ3n) is 2.75. The molecule has 1 atom stereocenters. The monoisotopic (exact) mass is 258 g/mol. The summed E-state index contributed by atoms with van der Waals surface area (Å²) in [5.74, 6) is 0. The van der Waals surface area contributed by atoms with Gasteiger partial charge in [0.15, 0.2) is 0 Å². The van der Waals surface area contributed by atoms with Gasteiger partial charge >= 0.3 is 0 Å². The molecule has 0 fully saturated rings. The van der Waals surface area contributed by atoms with Crippen LogP contribution in [0.2, 0.25) is 0 Å². The Balaban J connectivity index is 3.15. The predicted octanol–water partition coefficient (Wildman–Crippen LogP) is 0.942. The molecule has 0 spiro atoms. The van der Waals surface area contributed by atoms with Crippen LogP contribution in [0, 0.1) is 0 Å². The molecule has 110 valence electrons. The first-order valence-corrected chi connectivity index (χ1v) is 7.55. The molecule has 0 saturated carbocycles. The molecule has 0 aromatic rings. The Kier molecular flexibility index (Phi) is 13.2. The summed E-state index contributed by atoms with van der Waals surface area (Å²) in [5, 5.41) is 13.8. The minimum Gasteiger partial charge on any atom is -0.317 e. The Bertz CT molecular complexity index is 162. The molecule has 0 amide bonds. The number of hydrogen-bond donors (Lipinski definition) is 4. The minimum atomic E-state index is 0.551. The molecule has 0 aromatic carbocycles. The largest absolute Gasteiger partial charge is 0.317 e. The zero-order chi connectivity index (χ0) is 13.6. The first-order chi connectivity index (χ1) is 8.66. The van der Waals surface area contributed by atoms with Crippen LogP contribution in [-0.2, 0) is 0 Å². The Labute approximate surface area is 114 Å². The lowest BCUT2D eigenvalue weighted by Crippen LogP contribution is -2.40. The summed E-state index contributed by atoms with van der Waals surface area (Å²) in [4.78, 5) is 0. The van der Waals surface area contributed by atoms with Crippen LogP contribution in [0.15, 0.2) is 0 Å². The Hall–Kier alpha value is -0.160. The molecule has 4 N–H and O–H groups in total. The van der Waals surface area contributed by atoms with Crippen molar-refractivity contribution in [2.24, 2.45) is 0 Å². The maximum Gasteiger partial charge on any atom is 0.0164 e. The van der Waals surface area contributed by atoms with Gasteiger partial charge in [0.05, 0.1) is 0 Å². The highest BCUT2D eigenvalue weighted by Crippen LogP contribution is 1.81. The minimum absolute atomic E-state index is 0.551. The van der Waals surface area contributed by atoms with Crippen molar-refractivity contribution in [2.75, 3.05) is 39.3 Å². The molecule has 0 bridgehead atoms. The van der Waals surface area contributed by atoms with E-state index in [2.05, 4.69) is 49.0 Å². The van der Waals surface area contributed by atoms with Gasteiger partial charge in [-0.1, -0.05) is 20.8 Å². The molecule has 1 unspecified atom stereocenters. The van der Waals surface area contributed by atoms with E-state index in [0.717, 1.165) is 39.3 Å². The molecule has 0 aliphatic heterocycles. The lowest BCUT2D eigenvalue weighted by molar-refractivity contribution is 0.478. The summed E-state index contributed by atoms with van der Waals surface area (Å²) in [6.07, 6.45) is 2.43. The van der Waals surface area contributed by atoms with Crippen molar-refractivity contribution in [2.45, 2.75) is 52.6 Å². The van der Waals surface area contributed by atoms with Crippen LogP contribution >= 0.6 is 0 Å². The van der Waals surface area contributed by atoms with Crippen LogP contribution in [0.25, 0.3) is 0 Å². The van der Waals surface area contributed by atoms with Crippen molar-refractivity contribution in [3.05, 3.63) is 0 Å². The average molecular weight is 258 g/mol. The fourth-order valence-corrected chi connectivity index (χ4v) is 1.70. The molecule has 0 heterocycles. The van der Waals surface area contributed by atoms with Crippen LogP contribution in [0.4, 0.5) is 0 Å². The summed E-state index contributed by atoms with van der Waals surface area (Å²) in [5.41, 5.74) is 0. The lowest BCUT2D eigenvalue weighted by Gasteiger charge is -2.15. The number of rotatable bonds is 13. The van der Waals surface area contributed by atoms with E-state index in [4.69, 9.17) is 0 Å². The second-order valence-corrected chi connectivity index (χ2v) is 5.27. The standard InChI is InChI=1S/C14H34N4/c1-5-7-15-8-6-9-18-14(4)12-16-10-11-17-13(2)3/h13-18H,5-12H2,1-4H3. The van der Waals surface area contributed by atoms with E-state index in [-0.39, 0.29) is 0 Å². The van der Waals surface area contributed by atoms with Gasteiger partial charge in [0.1, 0.15) is 0 Å². The first-order valence-electron chi connectivity index (χ1n) is 7.55. The van der Waals surface area contributed by atoms with Crippen LogP contribution in [0.5, 0.6) is 0 Å². The van der Waals surface area contributed by atoms with Gasteiger partial charge in [-0.2, -0.15) is 0 Å². The molecule has 0 aliphatic rings. The van der Waals surface area contributed by atoms with E-state index < -0.39 is 0 Å². The van der Waals surface area contributed by atoms with E-state index in [9.17, 15) is 0 Å². The van der Waals surface area contributed by atoms with Gasteiger partial charge in [0.2, 0.25) is 0 Å². The molecule has 0 aliphatic carbocycles. The molecular formula is C14H34N4. The van der Waals surface area contributed by atoms with Crippen molar-refractivity contribution in [3.8, 4) is 0 Å². The van der Waals surface area contributed by atoms with E-state index in [0.29, 0.717) is 12.1 Å². The van der Waals surface area contributed by atoms with Crippen LogP contribution in [-0.4, -0.2) is 51.4 Å². The van der Waals surface area contributed by atoms with Crippen LogP contribution in [0.1, 0.15) is 40.5 Å². The van der Waals surface area contributed by atoms with Gasteiger partial charge < -0.3 is 21.3 Å². The maximum absolute atomic E-state index is 3.54. The first kappa shape index (κ1) is 17.8. The molecule has 0 radical (unpaired) electrons. The van der Waals surface area contributed by atoms with Crippen LogP contribution in [0.3, 0.4) is 0 Å². The van der Waals surface area contributed by atoms with Gasteiger partial charge in [0.25, 0.3) is 0 Å². The third kappa shape index (κ3) is 13.9.